The van der Waals surface area contributed by atoms with Crippen molar-refractivity contribution in [1.82, 2.24) is 10.1 Å². The summed E-state index contributed by atoms with van der Waals surface area (Å²) in [7, 11) is 0. The van der Waals surface area contributed by atoms with Crippen LogP contribution in [0.25, 0.3) is 34.0 Å². The fourth-order valence-corrected chi connectivity index (χ4v) is 3.85. The number of aromatic nitrogens is 2. The van der Waals surface area contributed by atoms with Crippen molar-refractivity contribution in [1.29, 1.82) is 0 Å². The standard InChI is InChI=1S/C29H27F3N2O4/c1-18-7-5-6-8-22(18)23-14-13-21(15-24(23)29(30,31)32)27-33-26(34-38-27)20-11-9-19(10-12-20)16-36-17-25(35)37-28(2,3)4/h5-15H,16-17H2,1-4H3. The Kier molecular flexibility index (Phi) is 7.68. The lowest BCUT2D eigenvalue weighted by Gasteiger charge is -2.19. The van der Waals surface area contributed by atoms with Gasteiger partial charge in [0.05, 0.1) is 12.2 Å². The maximum absolute atomic E-state index is 14.0. The van der Waals surface area contributed by atoms with E-state index in [-0.39, 0.29) is 36.1 Å². The number of carbonyl (C=O) groups excluding carboxylic acids is 1. The Hall–Kier alpha value is -3.98. The molecule has 0 amide bonds. The Morgan fingerprint density at radius 3 is 2.26 bits per heavy atom. The van der Waals surface area contributed by atoms with Crippen LogP contribution >= 0.6 is 0 Å². The van der Waals surface area contributed by atoms with Crippen molar-refractivity contribution >= 4 is 5.97 Å². The Balaban J connectivity index is 1.49. The molecule has 3 aromatic carbocycles. The summed E-state index contributed by atoms with van der Waals surface area (Å²) in [6, 6.07) is 18.0. The van der Waals surface area contributed by atoms with Gasteiger partial charge in [-0.15, -0.1) is 0 Å². The van der Waals surface area contributed by atoms with E-state index in [1.807, 2.05) is 0 Å². The number of hydrogen-bond donors (Lipinski definition) is 0. The fourth-order valence-electron chi connectivity index (χ4n) is 3.85. The van der Waals surface area contributed by atoms with E-state index in [1.165, 1.54) is 6.07 Å². The molecule has 0 bridgehead atoms. The monoisotopic (exact) mass is 524 g/mol. The molecule has 6 nitrogen and oxygen atoms in total. The maximum atomic E-state index is 14.0. The van der Waals surface area contributed by atoms with Crippen LogP contribution in [0.15, 0.2) is 71.3 Å². The minimum atomic E-state index is -4.57. The summed E-state index contributed by atoms with van der Waals surface area (Å²) in [6.45, 7) is 7.14. The zero-order valence-corrected chi connectivity index (χ0v) is 21.4. The topological polar surface area (TPSA) is 74.5 Å². The third kappa shape index (κ3) is 6.66. The zero-order valence-electron chi connectivity index (χ0n) is 21.4. The van der Waals surface area contributed by atoms with Crippen molar-refractivity contribution in [3.8, 4) is 34.0 Å². The number of aryl methyl sites for hydroxylation is 1. The van der Waals surface area contributed by atoms with Crippen LogP contribution in [0.2, 0.25) is 0 Å². The average Bonchev–Trinajstić information content (AvgIpc) is 3.33. The Morgan fingerprint density at radius 1 is 0.921 bits per heavy atom. The highest BCUT2D eigenvalue weighted by atomic mass is 19.4. The second-order valence-electron chi connectivity index (χ2n) is 9.77. The second kappa shape index (κ2) is 10.8. The van der Waals surface area contributed by atoms with Crippen molar-refractivity contribution in [3.63, 3.8) is 0 Å². The molecular weight excluding hydrogens is 497 g/mol. The first-order chi connectivity index (χ1) is 17.9. The highest BCUT2D eigenvalue weighted by molar-refractivity contribution is 5.74. The lowest BCUT2D eigenvalue weighted by molar-refractivity contribution is -0.160. The van der Waals surface area contributed by atoms with E-state index in [1.54, 1.807) is 82.3 Å². The Labute approximate surface area is 218 Å². The number of esters is 1. The molecule has 1 aromatic heterocycles. The van der Waals surface area contributed by atoms with Gasteiger partial charge in [0.25, 0.3) is 5.89 Å². The average molecular weight is 525 g/mol. The third-order valence-corrected chi connectivity index (χ3v) is 5.55. The van der Waals surface area contributed by atoms with Gasteiger partial charge in [-0.2, -0.15) is 18.2 Å². The van der Waals surface area contributed by atoms with Crippen molar-refractivity contribution in [2.24, 2.45) is 0 Å². The fraction of sp³-hybridized carbons (Fsp3) is 0.276. The number of carbonyl (C=O) groups is 1. The lowest BCUT2D eigenvalue weighted by atomic mass is 9.94. The molecule has 0 saturated heterocycles. The number of hydrogen-bond acceptors (Lipinski definition) is 6. The minimum absolute atomic E-state index is 0.0217. The Morgan fingerprint density at radius 2 is 1.61 bits per heavy atom. The van der Waals surface area contributed by atoms with Gasteiger partial charge < -0.3 is 14.0 Å². The molecule has 0 aliphatic rings. The van der Waals surface area contributed by atoms with Crippen LogP contribution in [0.5, 0.6) is 0 Å². The molecule has 4 rings (SSSR count). The molecule has 0 unspecified atom stereocenters. The van der Waals surface area contributed by atoms with Crippen LogP contribution in [0.4, 0.5) is 13.2 Å². The van der Waals surface area contributed by atoms with E-state index in [0.717, 1.165) is 17.2 Å². The summed E-state index contributed by atoms with van der Waals surface area (Å²) in [5, 5.41) is 3.94. The molecule has 1 heterocycles. The largest absolute Gasteiger partial charge is 0.458 e. The van der Waals surface area contributed by atoms with Gasteiger partial charge in [0.15, 0.2) is 0 Å². The van der Waals surface area contributed by atoms with Crippen molar-refractivity contribution in [3.05, 3.63) is 83.4 Å². The van der Waals surface area contributed by atoms with Crippen molar-refractivity contribution in [2.75, 3.05) is 6.61 Å². The van der Waals surface area contributed by atoms with Crippen LogP contribution < -0.4 is 0 Å². The Bertz CT molecular complexity index is 1420. The van der Waals surface area contributed by atoms with E-state index < -0.39 is 23.3 Å². The van der Waals surface area contributed by atoms with Crippen LogP contribution in [0.3, 0.4) is 0 Å². The van der Waals surface area contributed by atoms with Crippen LogP contribution in [-0.2, 0) is 27.1 Å². The SMILES string of the molecule is Cc1ccccc1-c1ccc(-c2nc(-c3ccc(COCC(=O)OC(C)(C)C)cc3)no2)cc1C(F)(F)F. The summed E-state index contributed by atoms with van der Waals surface area (Å²) in [4.78, 5) is 16.1. The molecule has 9 heteroatoms. The van der Waals surface area contributed by atoms with E-state index in [0.29, 0.717) is 11.1 Å². The predicted molar refractivity (Wildman–Crippen MR) is 136 cm³/mol. The van der Waals surface area contributed by atoms with Crippen LogP contribution in [-0.4, -0.2) is 28.3 Å². The number of benzene rings is 3. The highest BCUT2D eigenvalue weighted by Crippen LogP contribution is 2.40. The van der Waals surface area contributed by atoms with E-state index in [9.17, 15) is 18.0 Å². The molecule has 198 valence electrons. The maximum Gasteiger partial charge on any atom is 0.417 e. The van der Waals surface area contributed by atoms with E-state index in [4.69, 9.17) is 14.0 Å². The van der Waals surface area contributed by atoms with Gasteiger partial charge in [0, 0.05) is 11.1 Å². The van der Waals surface area contributed by atoms with Gasteiger partial charge in [-0.05, 0) is 62.1 Å². The summed E-state index contributed by atoms with van der Waals surface area (Å²) < 4.78 is 57.8. The van der Waals surface area contributed by atoms with Crippen molar-refractivity contribution in [2.45, 2.75) is 46.1 Å². The van der Waals surface area contributed by atoms with Gasteiger partial charge in [-0.3, -0.25) is 0 Å². The summed E-state index contributed by atoms with van der Waals surface area (Å²) in [6.07, 6.45) is -4.57. The lowest BCUT2D eigenvalue weighted by Crippen LogP contribution is -2.26. The molecule has 0 radical (unpaired) electrons. The number of halogens is 3. The molecule has 0 aliphatic heterocycles. The van der Waals surface area contributed by atoms with Gasteiger partial charge in [0.1, 0.15) is 12.2 Å². The summed E-state index contributed by atoms with van der Waals surface area (Å²) >= 11 is 0. The van der Waals surface area contributed by atoms with Crippen LogP contribution in [0.1, 0.15) is 37.5 Å². The van der Waals surface area contributed by atoms with Crippen LogP contribution in [0, 0.1) is 6.92 Å². The summed E-state index contributed by atoms with van der Waals surface area (Å²) in [5.74, 6) is -0.238. The first-order valence-electron chi connectivity index (χ1n) is 11.9. The van der Waals surface area contributed by atoms with E-state index >= 15 is 0 Å². The molecular formula is C29H27F3N2O4. The van der Waals surface area contributed by atoms with Gasteiger partial charge in [-0.1, -0.05) is 59.8 Å². The van der Waals surface area contributed by atoms with Gasteiger partial charge in [0.2, 0.25) is 5.82 Å². The number of rotatable bonds is 7. The second-order valence-corrected chi connectivity index (χ2v) is 9.77. The number of nitrogens with zero attached hydrogens (tertiary/aromatic N) is 2. The molecule has 38 heavy (non-hydrogen) atoms. The minimum Gasteiger partial charge on any atom is -0.458 e. The number of ether oxygens (including phenoxy) is 2. The molecule has 0 aliphatic carbocycles. The normalized spacial score (nSPS) is 12.0. The molecule has 0 spiro atoms. The molecule has 0 saturated carbocycles. The molecule has 0 N–H and O–H groups in total. The smallest absolute Gasteiger partial charge is 0.417 e. The third-order valence-electron chi connectivity index (χ3n) is 5.55. The first-order valence-corrected chi connectivity index (χ1v) is 11.9. The van der Waals surface area contributed by atoms with Gasteiger partial charge in [-0.25, -0.2) is 4.79 Å². The number of alkyl halides is 3. The summed E-state index contributed by atoms with van der Waals surface area (Å²) in [5.41, 5.74) is 1.57. The van der Waals surface area contributed by atoms with Gasteiger partial charge >= 0.3 is 12.1 Å². The quantitative estimate of drug-likeness (QED) is 0.237. The van der Waals surface area contributed by atoms with Crippen molar-refractivity contribution < 1.29 is 32.0 Å². The molecule has 0 fully saturated rings. The van der Waals surface area contributed by atoms with E-state index in [2.05, 4.69) is 10.1 Å². The first kappa shape index (κ1) is 27.1. The molecule has 0 atom stereocenters. The molecule has 4 aromatic rings. The predicted octanol–water partition coefficient (Wildman–Crippen LogP) is 7.26. The highest BCUT2D eigenvalue weighted by Gasteiger charge is 2.34. The zero-order chi connectivity index (χ0) is 27.5.